The number of hydrogen-bond donors (Lipinski definition) is 1. The molecule has 0 radical (unpaired) electrons. The highest BCUT2D eigenvalue weighted by Crippen LogP contribution is 2.30. The van der Waals surface area contributed by atoms with Gasteiger partial charge in [0.2, 0.25) is 0 Å². The Balaban J connectivity index is 2.24. The zero-order chi connectivity index (χ0) is 14.0. The van der Waals surface area contributed by atoms with Crippen molar-refractivity contribution < 1.29 is 9.47 Å². The molecule has 108 valence electrons. The van der Waals surface area contributed by atoms with Gasteiger partial charge in [0.1, 0.15) is 11.9 Å². The molecule has 0 aliphatic carbocycles. The molecular formula is C14H25N3O2. The number of nitrogens with one attached hydrogen (secondary N) is 1. The van der Waals surface area contributed by atoms with E-state index >= 15 is 0 Å². The van der Waals surface area contributed by atoms with Gasteiger partial charge in [-0.15, -0.1) is 0 Å². The molecule has 0 saturated heterocycles. The average molecular weight is 267 g/mol. The molecule has 0 aromatic carbocycles. The number of methoxy groups -OCH3 is 2. The molecule has 1 aromatic rings. The lowest BCUT2D eigenvalue weighted by molar-refractivity contribution is -0.135. The van der Waals surface area contributed by atoms with Gasteiger partial charge in [-0.05, 0) is 18.3 Å². The molecule has 1 aromatic heterocycles. The van der Waals surface area contributed by atoms with E-state index in [2.05, 4.69) is 32.2 Å². The zero-order valence-corrected chi connectivity index (χ0v) is 12.6. The first-order valence-electron chi connectivity index (χ1n) is 6.82. The lowest BCUT2D eigenvalue weighted by atomic mass is 9.91. The van der Waals surface area contributed by atoms with Crippen LogP contribution in [-0.4, -0.2) is 36.8 Å². The van der Waals surface area contributed by atoms with Crippen molar-refractivity contribution >= 4 is 5.82 Å². The first kappa shape index (κ1) is 14.3. The highest BCUT2D eigenvalue weighted by atomic mass is 16.7. The van der Waals surface area contributed by atoms with Crippen LogP contribution in [0.1, 0.15) is 38.9 Å². The molecule has 1 atom stereocenters. The second-order valence-electron chi connectivity index (χ2n) is 6.33. The van der Waals surface area contributed by atoms with E-state index in [0.29, 0.717) is 0 Å². The van der Waals surface area contributed by atoms with Gasteiger partial charge in [-0.3, -0.25) is 0 Å². The maximum atomic E-state index is 5.40. The Morgan fingerprint density at radius 1 is 1.42 bits per heavy atom. The molecule has 19 heavy (non-hydrogen) atoms. The Hall–Kier alpha value is -1.07. The number of nitrogens with zero attached hydrogens (tertiary/aromatic N) is 2. The Morgan fingerprint density at radius 3 is 2.68 bits per heavy atom. The summed E-state index contributed by atoms with van der Waals surface area (Å²) >= 11 is 0. The van der Waals surface area contributed by atoms with Gasteiger partial charge < -0.3 is 14.8 Å². The Kier molecular flexibility index (Phi) is 4.16. The molecule has 1 aliphatic heterocycles. The first-order chi connectivity index (χ1) is 8.94. The number of fused-ring (bicyclic) bond motifs is 1. The van der Waals surface area contributed by atoms with E-state index in [1.165, 1.54) is 0 Å². The molecule has 5 heteroatoms. The van der Waals surface area contributed by atoms with Crippen molar-refractivity contribution in [3.05, 3.63) is 11.8 Å². The highest BCUT2D eigenvalue weighted by Gasteiger charge is 2.29. The van der Waals surface area contributed by atoms with Gasteiger partial charge in [-0.25, -0.2) is 4.68 Å². The molecule has 0 spiro atoms. The van der Waals surface area contributed by atoms with Gasteiger partial charge in [-0.1, -0.05) is 20.8 Å². The first-order valence-corrected chi connectivity index (χ1v) is 6.82. The van der Waals surface area contributed by atoms with Crippen molar-refractivity contribution in [3.63, 3.8) is 0 Å². The second-order valence-corrected chi connectivity index (χ2v) is 6.33. The number of ether oxygens (including phenoxy) is 2. The van der Waals surface area contributed by atoms with Crippen molar-refractivity contribution in [1.82, 2.24) is 9.78 Å². The summed E-state index contributed by atoms with van der Waals surface area (Å²) in [6.07, 6.45) is 1.67. The lowest BCUT2D eigenvalue weighted by Crippen LogP contribution is -2.34. The summed E-state index contributed by atoms with van der Waals surface area (Å²) in [5.41, 5.74) is 1.36. The summed E-state index contributed by atoms with van der Waals surface area (Å²) in [4.78, 5) is 0. The largest absolute Gasteiger partial charge is 0.370 e. The van der Waals surface area contributed by atoms with E-state index in [0.717, 1.165) is 30.9 Å². The van der Waals surface area contributed by atoms with Crippen molar-refractivity contribution in [2.75, 3.05) is 26.1 Å². The maximum absolute atomic E-state index is 5.40. The monoisotopic (exact) mass is 267 g/mol. The summed E-state index contributed by atoms with van der Waals surface area (Å²) in [5, 5.41) is 8.12. The fraction of sp³-hybridized carbons (Fsp3) is 0.786. The van der Waals surface area contributed by atoms with Gasteiger partial charge >= 0.3 is 0 Å². The van der Waals surface area contributed by atoms with Gasteiger partial charge in [0, 0.05) is 26.8 Å². The number of anilines is 1. The van der Waals surface area contributed by atoms with E-state index in [-0.39, 0.29) is 17.7 Å². The Bertz CT molecular complexity index is 419. The summed E-state index contributed by atoms with van der Waals surface area (Å²) in [6.45, 7) is 7.60. The lowest BCUT2D eigenvalue weighted by Gasteiger charge is -2.30. The average Bonchev–Trinajstić information content (AvgIpc) is 2.71. The third-order valence-electron chi connectivity index (χ3n) is 3.34. The van der Waals surface area contributed by atoms with Gasteiger partial charge in [0.15, 0.2) is 6.29 Å². The van der Waals surface area contributed by atoms with Crippen LogP contribution in [0, 0.1) is 5.41 Å². The molecule has 5 nitrogen and oxygen atoms in total. The molecule has 2 heterocycles. The standard InChI is InChI=1S/C14H25N3O2/c1-14(2,3)9-10-8-12-15-7-6-11(17(12)16-10)13(18-4)19-5/h8,11,13,15H,6-7,9H2,1-5H3. The zero-order valence-electron chi connectivity index (χ0n) is 12.6. The fourth-order valence-corrected chi connectivity index (χ4v) is 2.59. The highest BCUT2D eigenvalue weighted by molar-refractivity contribution is 5.39. The molecule has 0 amide bonds. The van der Waals surface area contributed by atoms with Crippen molar-refractivity contribution in [2.24, 2.45) is 5.41 Å². The topological polar surface area (TPSA) is 48.3 Å². The normalized spacial score (nSPS) is 19.4. The van der Waals surface area contributed by atoms with Gasteiger partial charge in [-0.2, -0.15) is 5.10 Å². The second kappa shape index (κ2) is 5.51. The summed E-state index contributed by atoms with van der Waals surface area (Å²) in [7, 11) is 3.35. The van der Waals surface area contributed by atoms with Crippen LogP contribution in [0.4, 0.5) is 5.82 Å². The van der Waals surface area contributed by atoms with Crippen molar-refractivity contribution in [1.29, 1.82) is 0 Å². The minimum atomic E-state index is -0.247. The van der Waals surface area contributed by atoms with Crippen LogP contribution in [0.5, 0.6) is 0 Å². The molecule has 1 aliphatic rings. The molecule has 1 unspecified atom stereocenters. The number of aromatic nitrogens is 2. The fourth-order valence-electron chi connectivity index (χ4n) is 2.59. The predicted molar refractivity (Wildman–Crippen MR) is 75.3 cm³/mol. The van der Waals surface area contributed by atoms with Crippen LogP contribution in [-0.2, 0) is 15.9 Å². The van der Waals surface area contributed by atoms with Crippen molar-refractivity contribution in [3.8, 4) is 0 Å². The van der Waals surface area contributed by atoms with Gasteiger partial charge in [0.05, 0.1) is 5.69 Å². The number of rotatable bonds is 4. The van der Waals surface area contributed by atoms with Crippen LogP contribution >= 0.6 is 0 Å². The van der Waals surface area contributed by atoms with Gasteiger partial charge in [0.25, 0.3) is 0 Å². The maximum Gasteiger partial charge on any atom is 0.179 e. The van der Waals surface area contributed by atoms with Crippen LogP contribution < -0.4 is 5.32 Å². The van der Waals surface area contributed by atoms with E-state index in [1.807, 2.05) is 4.68 Å². The quantitative estimate of drug-likeness (QED) is 0.851. The van der Waals surface area contributed by atoms with E-state index in [1.54, 1.807) is 14.2 Å². The molecule has 1 N–H and O–H groups in total. The van der Waals surface area contributed by atoms with E-state index in [4.69, 9.17) is 14.6 Å². The number of hydrogen-bond acceptors (Lipinski definition) is 4. The SMILES string of the molecule is COC(OC)C1CCNc2cc(CC(C)(C)C)nn21. The predicted octanol–water partition coefficient (Wildman–Crippen LogP) is 2.45. The molecule has 0 bridgehead atoms. The van der Waals surface area contributed by atoms with Crippen LogP contribution in [0.3, 0.4) is 0 Å². The van der Waals surface area contributed by atoms with E-state index < -0.39 is 0 Å². The Labute approximate surface area is 115 Å². The molecule has 0 fully saturated rings. The van der Waals surface area contributed by atoms with Crippen molar-refractivity contribution in [2.45, 2.75) is 45.9 Å². The summed E-state index contributed by atoms with van der Waals surface area (Å²) in [6, 6.07) is 2.28. The third kappa shape index (κ3) is 3.28. The van der Waals surface area contributed by atoms with Crippen LogP contribution in [0.25, 0.3) is 0 Å². The minimum absolute atomic E-state index is 0.139. The minimum Gasteiger partial charge on any atom is -0.370 e. The Morgan fingerprint density at radius 2 is 2.11 bits per heavy atom. The summed E-state index contributed by atoms with van der Waals surface area (Å²) in [5.74, 6) is 1.06. The van der Waals surface area contributed by atoms with Crippen LogP contribution in [0.15, 0.2) is 6.07 Å². The smallest absolute Gasteiger partial charge is 0.179 e. The van der Waals surface area contributed by atoms with Crippen LogP contribution in [0.2, 0.25) is 0 Å². The third-order valence-corrected chi connectivity index (χ3v) is 3.34. The van der Waals surface area contributed by atoms with E-state index in [9.17, 15) is 0 Å². The summed E-state index contributed by atoms with van der Waals surface area (Å²) < 4.78 is 12.8. The molecule has 0 saturated carbocycles. The molecular weight excluding hydrogens is 242 g/mol. The molecule has 2 rings (SSSR count).